The van der Waals surface area contributed by atoms with E-state index in [2.05, 4.69) is 22.3 Å². The number of rotatable bonds is 3. The molecule has 1 aliphatic rings. The van der Waals surface area contributed by atoms with Crippen LogP contribution in [0.2, 0.25) is 0 Å². The number of hydrogen-bond acceptors (Lipinski definition) is 4. The van der Waals surface area contributed by atoms with E-state index in [1.165, 1.54) is 5.56 Å². The van der Waals surface area contributed by atoms with Crippen LogP contribution in [0, 0.1) is 0 Å². The molecule has 1 aromatic carbocycles. The monoisotopic (exact) mass is 243 g/mol. The molecule has 2 N–H and O–H groups in total. The molecule has 1 aliphatic carbocycles. The van der Waals surface area contributed by atoms with Gasteiger partial charge in [0, 0.05) is 12.5 Å². The van der Waals surface area contributed by atoms with Gasteiger partial charge in [0.05, 0.1) is 5.92 Å². The van der Waals surface area contributed by atoms with Gasteiger partial charge in [-0.1, -0.05) is 41.9 Å². The van der Waals surface area contributed by atoms with E-state index in [1.807, 2.05) is 18.2 Å². The van der Waals surface area contributed by atoms with Crippen LogP contribution >= 0.6 is 0 Å². The lowest BCUT2D eigenvalue weighted by Gasteiger charge is -2.08. The summed E-state index contributed by atoms with van der Waals surface area (Å²) in [4.78, 5) is 4.48. The smallest absolute Gasteiger partial charge is 0.231 e. The Morgan fingerprint density at radius 3 is 2.78 bits per heavy atom. The van der Waals surface area contributed by atoms with Gasteiger partial charge in [-0.2, -0.15) is 4.98 Å². The highest BCUT2D eigenvalue weighted by Crippen LogP contribution is 2.32. The van der Waals surface area contributed by atoms with E-state index in [4.69, 9.17) is 10.3 Å². The van der Waals surface area contributed by atoms with Crippen LogP contribution in [0.4, 0.5) is 0 Å². The minimum Gasteiger partial charge on any atom is -0.339 e. The van der Waals surface area contributed by atoms with E-state index in [0.29, 0.717) is 12.3 Å². The summed E-state index contributed by atoms with van der Waals surface area (Å²) in [5.41, 5.74) is 7.24. The molecule has 2 aromatic rings. The van der Waals surface area contributed by atoms with Crippen molar-refractivity contribution in [2.45, 2.75) is 37.6 Å². The topological polar surface area (TPSA) is 64.9 Å². The van der Waals surface area contributed by atoms with E-state index in [9.17, 15) is 0 Å². The van der Waals surface area contributed by atoms with Gasteiger partial charge in [-0.3, -0.25) is 0 Å². The minimum absolute atomic E-state index is 0.176. The van der Waals surface area contributed by atoms with Crippen LogP contribution in [-0.2, 0) is 6.42 Å². The van der Waals surface area contributed by atoms with E-state index in [0.717, 1.165) is 25.1 Å². The highest BCUT2D eigenvalue weighted by atomic mass is 16.5. The number of benzene rings is 1. The summed E-state index contributed by atoms with van der Waals surface area (Å²) in [6, 6.07) is 10.3. The molecule has 4 heteroatoms. The van der Waals surface area contributed by atoms with Gasteiger partial charge in [-0.05, 0) is 18.4 Å². The Labute approximate surface area is 106 Å². The second kappa shape index (κ2) is 4.90. The highest BCUT2D eigenvalue weighted by molar-refractivity contribution is 5.18. The molecule has 0 spiro atoms. The summed E-state index contributed by atoms with van der Waals surface area (Å²) < 4.78 is 5.35. The van der Waals surface area contributed by atoms with Crippen LogP contribution in [0.25, 0.3) is 0 Å². The standard InChI is InChI=1S/C14H17N3O/c15-12-8-4-7-11(12)14-16-13(17-18-14)9-10-5-2-1-3-6-10/h1-3,5-6,11-12H,4,7-9,15H2. The Kier molecular flexibility index (Phi) is 3.11. The second-order valence-electron chi connectivity index (χ2n) is 4.91. The van der Waals surface area contributed by atoms with Crippen LogP contribution in [0.5, 0.6) is 0 Å². The van der Waals surface area contributed by atoms with Crippen molar-refractivity contribution in [3.63, 3.8) is 0 Å². The normalized spacial score (nSPS) is 23.4. The van der Waals surface area contributed by atoms with Gasteiger partial charge < -0.3 is 10.3 Å². The molecule has 2 unspecified atom stereocenters. The van der Waals surface area contributed by atoms with Crippen LogP contribution in [0.1, 0.15) is 42.5 Å². The Hall–Kier alpha value is -1.68. The molecule has 1 fully saturated rings. The van der Waals surface area contributed by atoms with Gasteiger partial charge in [0.1, 0.15) is 0 Å². The zero-order chi connectivity index (χ0) is 12.4. The fourth-order valence-electron chi connectivity index (χ4n) is 2.56. The van der Waals surface area contributed by atoms with E-state index < -0.39 is 0 Å². The number of aromatic nitrogens is 2. The number of nitrogens with zero attached hydrogens (tertiary/aromatic N) is 2. The van der Waals surface area contributed by atoms with Gasteiger partial charge in [-0.15, -0.1) is 0 Å². The van der Waals surface area contributed by atoms with Crippen LogP contribution < -0.4 is 5.73 Å². The fraction of sp³-hybridized carbons (Fsp3) is 0.429. The third-order valence-corrected chi connectivity index (χ3v) is 3.58. The maximum atomic E-state index is 6.05. The predicted octanol–water partition coefficient (Wildman–Crippen LogP) is 2.26. The molecule has 0 amide bonds. The molecule has 18 heavy (non-hydrogen) atoms. The Bertz CT molecular complexity index is 509. The third-order valence-electron chi connectivity index (χ3n) is 3.58. The molecule has 1 saturated carbocycles. The first kappa shape index (κ1) is 11.4. The van der Waals surface area contributed by atoms with Crippen molar-refractivity contribution in [2.75, 3.05) is 0 Å². The molecule has 0 aliphatic heterocycles. The average Bonchev–Trinajstić information content (AvgIpc) is 2.99. The lowest BCUT2D eigenvalue weighted by atomic mass is 10.1. The van der Waals surface area contributed by atoms with Crippen LogP contribution in [0.3, 0.4) is 0 Å². The van der Waals surface area contributed by atoms with Gasteiger partial charge in [0.2, 0.25) is 5.89 Å². The Morgan fingerprint density at radius 1 is 1.22 bits per heavy atom. The molecule has 1 aromatic heterocycles. The Balaban J connectivity index is 1.74. The average molecular weight is 243 g/mol. The highest BCUT2D eigenvalue weighted by Gasteiger charge is 2.30. The van der Waals surface area contributed by atoms with Crippen molar-refractivity contribution in [1.82, 2.24) is 10.1 Å². The molecule has 2 atom stereocenters. The molecular weight excluding hydrogens is 226 g/mol. The molecule has 0 saturated heterocycles. The summed E-state index contributed by atoms with van der Waals surface area (Å²) in [6.07, 6.45) is 3.99. The lowest BCUT2D eigenvalue weighted by Crippen LogP contribution is -2.22. The van der Waals surface area contributed by atoms with Crippen molar-refractivity contribution >= 4 is 0 Å². The lowest BCUT2D eigenvalue weighted by molar-refractivity contribution is 0.342. The van der Waals surface area contributed by atoms with Crippen LogP contribution in [-0.4, -0.2) is 16.2 Å². The molecule has 4 nitrogen and oxygen atoms in total. The SMILES string of the molecule is NC1CCCC1c1nc(Cc2ccccc2)no1. The van der Waals surface area contributed by atoms with E-state index >= 15 is 0 Å². The fourth-order valence-corrected chi connectivity index (χ4v) is 2.56. The molecule has 0 bridgehead atoms. The molecular formula is C14H17N3O. The quantitative estimate of drug-likeness (QED) is 0.898. The van der Waals surface area contributed by atoms with Gasteiger partial charge in [0.15, 0.2) is 5.82 Å². The number of nitrogens with two attached hydrogens (primary N) is 1. The zero-order valence-electron chi connectivity index (χ0n) is 10.2. The van der Waals surface area contributed by atoms with E-state index in [1.54, 1.807) is 0 Å². The first-order valence-electron chi connectivity index (χ1n) is 6.45. The maximum Gasteiger partial charge on any atom is 0.231 e. The summed E-state index contributed by atoms with van der Waals surface area (Å²) in [5.74, 6) is 1.71. The first-order chi connectivity index (χ1) is 8.83. The summed E-state index contributed by atoms with van der Waals surface area (Å²) >= 11 is 0. The summed E-state index contributed by atoms with van der Waals surface area (Å²) in [7, 11) is 0. The van der Waals surface area contributed by atoms with Gasteiger partial charge >= 0.3 is 0 Å². The van der Waals surface area contributed by atoms with Crippen molar-refractivity contribution in [2.24, 2.45) is 5.73 Å². The Morgan fingerprint density at radius 2 is 2.06 bits per heavy atom. The first-order valence-corrected chi connectivity index (χ1v) is 6.45. The molecule has 94 valence electrons. The van der Waals surface area contributed by atoms with Gasteiger partial charge in [-0.25, -0.2) is 0 Å². The van der Waals surface area contributed by atoms with Crippen molar-refractivity contribution in [3.05, 3.63) is 47.6 Å². The van der Waals surface area contributed by atoms with E-state index in [-0.39, 0.29) is 12.0 Å². The third kappa shape index (κ3) is 2.29. The number of hydrogen-bond donors (Lipinski definition) is 1. The summed E-state index contributed by atoms with van der Waals surface area (Å²) in [5, 5.41) is 4.05. The molecule has 3 rings (SSSR count). The van der Waals surface area contributed by atoms with Crippen molar-refractivity contribution in [3.8, 4) is 0 Å². The molecule has 0 radical (unpaired) electrons. The van der Waals surface area contributed by atoms with Gasteiger partial charge in [0.25, 0.3) is 0 Å². The second-order valence-corrected chi connectivity index (χ2v) is 4.91. The molecule has 1 heterocycles. The van der Waals surface area contributed by atoms with Crippen molar-refractivity contribution < 1.29 is 4.52 Å². The zero-order valence-corrected chi connectivity index (χ0v) is 10.2. The largest absolute Gasteiger partial charge is 0.339 e. The van der Waals surface area contributed by atoms with Crippen molar-refractivity contribution in [1.29, 1.82) is 0 Å². The van der Waals surface area contributed by atoms with Crippen LogP contribution in [0.15, 0.2) is 34.9 Å². The predicted molar refractivity (Wildman–Crippen MR) is 68.1 cm³/mol. The maximum absolute atomic E-state index is 6.05. The minimum atomic E-state index is 0.176. The summed E-state index contributed by atoms with van der Waals surface area (Å²) in [6.45, 7) is 0.